The number of rotatable bonds is 4. The lowest BCUT2D eigenvalue weighted by atomic mass is 10.0. The molecule has 2 rings (SSSR count). The minimum atomic E-state index is -0.312. The molecule has 0 radical (unpaired) electrons. The summed E-state index contributed by atoms with van der Waals surface area (Å²) in [4.78, 5) is 26.0. The highest BCUT2D eigenvalue weighted by Gasteiger charge is 2.20. The van der Waals surface area contributed by atoms with Gasteiger partial charge in [0.1, 0.15) is 6.54 Å². The van der Waals surface area contributed by atoms with E-state index in [1.807, 2.05) is 32.9 Å². The van der Waals surface area contributed by atoms with Gasteiger partial charge in [0.25, 0.3) is 0 Å². The zero-order valence-corrected chi connectivity index (χ0v) is 16.1. The van der Waals surface area contributed by atoms with Crippen LogP contribution in [-0.4, -0.2) is 18.4 Å². The molecule has 0 bridgehead atoms. The average molecular weight is 379 g/mol. The first-order valence-corrected chi connectivity index (χ1v) is 8.55. The van der Waals surface area contributed by atoms with E-state index in [0.29, 0.717) is 15.7 Å². The second-order valence-electron chi connectivity index (χ2n) is 6.03. The third kappa shape index (κ3) is 4.74. The molecular formula is C19H20Cl2N2O2. The molecule has 4 nitrogen and oxygen atoms in total. The molecule has 25 heavy (non-hydrogen) atoms. The standard InChI is InChI=1S/C19H20Cl2N2O2/c1-11-7-12(2)19(13(3)8-11)23(14(4)24)10-18(25)22-15-5-6-16(20)17(21)9-15/h5-9H,10H2,1-4H3,(H,22,25). The largest absolute Gasteiger partial charge is 0.324 e. The summed E-state index contributed by atoms with van der Waals surface area (Å²) in [5.74, 6) is -0.507. The lowest BCUT2D eigenvalue weighted by Crippen LogP contribution is -2.37. The van der Waals surface area contributed by atoms with Gasteiger partial charge in [0.2, 0.25) is 11.8 Å². The summed E-state index contributed by atoms with van der Waals surface area (Å²) in [5, 5.41) is 3.51. The van der Waals surface area contributed by atoms with E-state index < -0.39 is 0 Å². The van der Waals surface area contributed by atoms with Gasteiger partial charge in [0.05, 0.1) is 15.7 Å². The van der Waals surface area contributed by atoms with Crippen molar-refractivity contribution < 1.29 is 9.59 Å². The highest BCUT2D eigenvalue weighted by molar-refractivity contribution is 6.42. The number of carbonyl (C=O) groups excluding carboxylic acids is 2. The van der Waals surface area contributed by atoms with E-state index in [2.05, 4.69) is 5.32 Å². The molecule has 0 unspecified atom stereocenters. The molecule has 0 heterocycles. The van der Waals surface area contributed by atoms with Crippen LogP contribution >= 0.6 is 23.2 Å². The van der Waals surface area contributed by atoms with Crippen LogP contribution in [0.4, 0.5) is 11.4 Å². The van der Waals surface area contributed by atoms with Crippen LogP contribution in [0.3, 0.4) is 0 Å². The number of hydrogen-bond acceptors (Lipinski definition) is 2. The van der Waals surface area contributed by atoms with Crippen molar-refractivity contribution in [3.8, 4) is 0 Å². The molecule has 0 saturated carbocycles. The number of benzene rings is 2. The third-order valence-electron chi connectivity index (χ3n) is 3.79. The highest BCUT2D eigenvalue weighted by atomic mass is 35.5. The quantitative estimate of drug-likeness (QED) is 0.821. The monoisotopic (exact) mass is 378 g/mol. The Morgan fingerprint density at radius 2 is 1.60 bits per heavy atom. The summed E-state index contributed by atoms with van der Waals surface area (Å²) in [5.41, 5.74) is 4.32. The Morgan fingerprint density at radius 3 is 2.12 bits per heavy atom. The minimum absolute atomic E-state index is 0.0830. The molecule has 0 aliphatic rings. The van der Waals surface area contributed by atoms with Crippen LogP contribution in [0.1, 0.15) is 23.6 Å². The van der Waals surface area contributed by atoms with Gasteiger partial charge in [0, 0.05) is 12.6 Å². The number of halogens is 2. The molecule has 0 atom stereocenters. The van der Waals surface area contributed by atoms with Gasteiger partial charge in [-0.15, -0.1) is 0 Å². The van der Waals surface area contributed by atoms with Crippen molar-refractivity contribution in [1.29, 1.82) is 0 Å². The van der Waals surface area contributed by atoms with Gasteiger partial charge in [-0.1, -0.05) is 40.9 Å². The van der Waals surface area contributed by atoms with Gasteiger partial charge >= 0.3 is 0 Å². The molecule has 1 N–H and O–H groups in total. The Bertz CT molecular complexity index is 811. The normalized spacial score (nSPS) is 10.5. The molecule has 0 saturated heterocycles. The molecule has 0 fully saturated rings. The molecular weight excluding hydrogens is 359 g/mol. The average Bonchev–Trinajstić information content (AvgIpc) is 2.48. The van der Waals surface area contributed by atoms with Crippen LogP contribution in [-0.2, 0) is 9.59 Å². The van der Waals surface area contributed by atoms with Gasteiger partial charge < -0.3 is 10.2 Å². The van der Waals surface area contributed by atoms with Gasteiger partial charge in [-0.3, -0.25) is 9.59 Å². The Labute approximate surface area is 157 Å². The van der Waals surface area contributed by atoms with Crippen molar-refractivity contribution in [2.24, 2.45) is 0 Å². The Hall–Kier alpha value is -2.04. The second kappa shape index (κ2) is 7.89. The first kappa shape index (κ1) is 19.3. The van der Waals surface area contributed by atoms with Crippen LogP contribution in [0.5, 0.6) is 0 Å². The second-order valence-corrected chi connectivity index (χ2v) is 6.84. The van der Waals surface area contributed by atoms with Crippen LogP contribution < -0.4 is 10.2 Å². The first-order chi connectivity index (χ1) is 11.7. The Balaban J connectivity index is 2.23. The van der Waals surface area contributed by atoms with Crippen LogP contribution in [0.25, 0.3) is 0 Å². The predicted molar refractivity (Wildman–Crippen MR) is 104 cm³/mol. The van der Waals surface area contributed by atoms with Gasteiger partial charge in [-0.2, -0.15) is 0 Å². The fourth-order valence-electron chi connectivity index (χ4n) is 2.86. The lowest BCUT2D eigenvalue weighted by Gasteiger charge is -2.25. The van der Waals surface area contributed by atoms with E-state index in [0.717, 1.165) is 22.4 Å². The van der Waals surface area contributed by atoms with Gasteiger partial charge in [0.15, 0.2) is 0 Å². The topological polar surface area (TPSA) is 49.4 Å². The summed E-state index contributed by atoms with van der Waals surface area (Å²) in [6.45, 7) is 7.23. The number of aryl methyl sites for hydroxylation is 3. The summed E-state index contributed by atoms with van der Waals surface area (Å²) in [6.07, 6.45) is 0. The highest BCUT2D eigenvalue weighted by Crippen LogP contribution is 2.27. The lowest BCUT2D eigenvalue weighted by molar-refractivity contribution is -0.120. The number of carbonyl (C=O) groups is 2. The summed E-state index contributed by atoms with van der Waals surface area (Å²) >= 11 is 11.8. The zero-order valence-electron chi connectivity index (χ0n) is 14.6. The van der Waals surface area contributed by atoms with Crippen LogP contribution in [0, 0.1) is 20.8 Å². The van der Waals surface area contributed by atoms with E-state index in [-0.39, 0.29) is 18.4 Å². The Kier molecular flexibility index (Phi) is 6.09. The molecule has 2 amide bonds. The van der Waals surface area contributed by atoms with Crippen LogP contribution in [0.2, 0.25) is 10.0 Å². The van der Waals surface area contributed by atoms with E-state index in [1.165, 1.54) is 11.8 Å². The predicted octanol–water partition coefficient (Wildman–Crippen LogP) is 4.91. The zero-order chi connectivity index (χ0) is 18.7. The summed E-state index contributed by atoms with van der Waals surface area (Å²) < 4.78 is 0. The SMILES string of the molecule is CC(=O)N(CC(=O)Nc1ccc(Cl)c(Cl)c1)c1c(C)cc(C)cc1C. The minimum Gasteiger partial charge on any atom is -0.324 e. The van der Waals surface area contributed by atoms with Crippen molar-refractivity contribution >= 4 is 46.4 Å². The molecule has 0 aromatic heterocycles. The molecule has 2 aromatic carbocycles. The van der Waals surface area contributed by atoms with Gasteiger partial charge in [-0.05, 0) is 50.1 Å². The molecule has 132 valence electrons. The third-order valence-corrected chi connectivity index (χ3v) is 4.53. The molecule has 6 heteroatoms. The van der Waals surface area contributed by atoms with Crippen molar-refractivity contribution in [3.63, 3.8) is 0 Å². The number of nitrogens with zero attached hydrogens (tertiary/aromatic N) is 1. The molecule has 2 aromatic rings. The smallest absolute Gasteiger partial charge is 0.244 e. The maximum absolute atomic E-state index is 12.4. The van der Waals surface area contributed by atoms with E-state index in [1.54, 1.807) is 18.2 Å². The van der Waals surface area contributed by atoms with Crippen molar-refractivity contribution in [2.75, 3.05) is 16.8 Å². The summed E-state index contributed by atoms with van der Waals surface area (Å²) in [7, 11) is 0. The van der Waals surface area contributed by atoms with E-state index in [9.17, 15) is 9.59 Å². The van der Waals surface area contributed by atoms with Crippen molar-refractivity contribution in [1.82, 2.24) is 0 Å². The maximum atomic E-state index is 12.4. The number of anilines is 2. The fraction of sp³-hybridized carbons (Fsp3) is 0.263. The van der Waals surface area contributed by atoms with Crippen LogP contribution in [0.15, 0.2) is 30.3 Å². The maximum Gasteiger partial charge on any atom is 0.244 e. The number of nitrogens with one attached hydrogen (secondary N) is 1. The number of hydrogen-bond donors (Lipinski definition) is 1. The Morgan fingerprint density at radius 1 is 1.00 bits per heavy atom. The summed E-state index contributed by atoms with van der Waals surface area (Å²) in [6, 6.07) is 8.83. The molecule has 0 aliphatic heterocycles. The van der Waals surface area contributed by atoms with E-state index >= 15 is 0 Å². The van der Waals surface area contributed by atoms with Crippen molar-refractivity contribution in [2.45, 2.75) is 27.7 Å². The first-order valence-electron chi connectivity index (χ1n) is 7.80. The van der Waals surface area contributed by atoms with Crippen molar-refractivity contribution in [3.05, 3.63) is 57.1 Å². The number of amides is 2. The van der Waals surface area contributed by atoms with E-state index in [4.69, 9.17) is 23.2 Å². The van der Waals surface area contributed by atoms with Gasteiger partial charge in [-0.25, -0.2) is 0 Å². The fourth-order valence-corrected chi connectivity index (χ4v) is 3.16. The molecule has 0 spiro atoms. The molecule has 0 aliphatic carbocycles.